The standard InChI is InChI=1S/C79H71BN2/c1-75(2,3)53-42-54(76(4,5)6)45-57(44-53)81-69-38-50-26-15-13-24-48(50)36-67(69)80-68-37-49-25-14-16-27-51(49)39-70(68)82(58-46-55(77(7,8)9)43-56(47-58)78(10,11)12)72-41-52(40-71(81)74(72)80)59-31-23-35-66-73(59)62-30-19-22-34-65(62)79(66)63-32-20-17-28-60(63)61-29-18-21-33-64(61)79/h13-47H,1-12H3. The minimum atomic E-state index is -0.478. The molecule has 0 radical (unpaired) electrons. The lowest BCUT2D eigenvalue weighted by Crippen LogP contribution is -2.61. The van der Waals surface area contributed by atoms with E-state index in [-0.39, 0.29) is 28.4 Å². The van der Waals surface area contributed by atoms with E-state index in [1.165, 1.54) is 150 Å². The summed E-state index contributed by atoms with van der Waals surface area (Å²) in [4.78, 5) is 5.37. The topological polar surface area (TPSA) is 6.48 Å². The highest BCUT2D eigenvalue weighted by molar-refractivity contribution is 7.00. The third kappa shape index (κ3) is 7.33. The molecule has 0 bridgehead atoms. The molecule has 0 atom stereocenters. The van der Waals surface area contributed by atoms with Gasteiger partial charge < -0.3 is 9.80 Å². The summed E-state index contributed by atoms with van der Waals surface area (Å²) in [5.74, 6) is 0. The molecular formula is C79H71BN2. The third-order valence-electron chi connectivity index (χ3n) is 18.9. The largest absolute Gasteiger partial charge is 0.311 e. The molecule has 1 spiro atoms. The Labute approximate surface area is 486 Å². The zero-order valence-corrected chi connectivity index (χ0v) is 49.7. The molecule has 0 saturated carbocycles. The number of benzene rings is 11. The van der Waals surface area contributed by atoms with Gasteiger partial charge >= 0.3 is 0 Å². The summed E-state index contributed by atoms with van der Waals surface area (Å²) in [5, 5.41) is 4.97. The van der Waals surface area contributed by atoms with Gasteiger partial charge in [0.25, 0.3) is 6.71 Å². The first-order valence-corrected chi connectivity index (χ1v) is 29.8. The Morgan fingerprint density at radius 2 is 0.646 bits per heavy atom. The van der Waals surface area contributed by atoms with E-state index in [0.717, 1.165) is 0 Å². The SMILES string of the molecule is CC(C)(C)c1cc(N2c3cc4ccccc4cc3B3c4cc5ccccc5cc4N(c4cc(C(C)(C)C)cc(C(C)(C)C)c4)c4cc(-c5cccc6c5-c5ccccc5C65c6ccccc6-c6ccccc65)cc2c43)cc(C(C)(C)C)c1. The first-order valence-electron chi connectivity index (χ1n) is 29.8. The summed E-state index contributed by atoms with van der Waals surface area (Å²) in [5.41, 5.74) is 28.7. The van der Waals surface area contributed by atoms with Gasteiger partial charge in [-0.2, -0.15) is 0 Å². The molecule has 0 saturated heterocycles. The van der Waals surface area contributed by atoms with Crippen molar-refractivity contribution < 1.29 is 0 Å². The molecular weight excluding hydrogens is 988 g/mol. The Morgan fingerprint density at radius 1 is 0.305 bits per heavy atom. The summed E-state index contributed by atoms with van der Waals surface area (Å²) in [6.07, 6.45) is 0. The van der Waals surface area contributed by atoms with E-state index >= 15 is 0 Å². The zero-order valence-electron chi connectivity index (χ0n) is 49.7. The van der Waals surface area contributed by atoms with Crippen molar-refractivity contribution in [3.8, 4) is 33.4 Å². The molecule has 0 amide bonds. The van der Waals surface area contributed by atoms with Gasteiger partial charge in [0, 0.05) is 34.1 Å². The molecule has 3 heteroatoms. The number of rotatable bonds is 3. The zero-order chi connectivity index (χ0) is 56.6. The third-order valence-corrected chi connectivity index (χ3v) is 18.9. The van der Waals surface area contributed by atoms with Gasteiger partial charge in [-0.05, 0) is 186 Å². The average Bonchev–Trinajstić information content (AvgIpc) is 1.45. The van der Waals surface area contributed by atoms with Gasteiger partial charge in [-0.1, -0.05) is 247 Å². The van der Waals surface area contributed by atoms with Crippen LogP contribution in [0.3, 0.4) is 0 Å². The van der Waals surface area contributed by atoms with Crippen molar-refractivity contribution in [2.24, 2.45) is 0 Å². The molecule has 0 N–H and O–H groups in total. The van der Waals surface area contributed by atoms with Crippen molar-refractivity contribution in [1.82, 2.24) is 0 Å². The predicted octanol–water partition coefficient (Wildman–Crippen LogP) is 19.3. The second-order valence-electron chi connectivity index (χ2n) is 28.2. The van der Waals surface area contributed by atoms with E-state index in [2.05, 4.69) is 305 Å². The average molecular weight is 1060 g/mol. The van der Waals surface area contributed by atoms with Crippen LogP contribution in [0.15, 0.2) is 212 Å². The minimum absolute atomic E-state index is 0.0801. The lowest BCUT2D eigenvalue weighted by Gasteiger charge is -2.45. The van der Waals surface area contributed by atoms with Crippen LogP contribution in [0.2, 0.25) is 0 Å². The van der Waals surface area contributed by atoms with E-state index in [9.17, 15) is 0 Å². The van der Waals surface area contributed by atoms with Crippen LogP contribution in [-0.2, 0) is 27.1 Å². The van der Waals surface area contributed by atoms with Gasteiger partial charge in [-0.25, -0.2) is 0 Å². The lowest BCUT2D eigenvalue weighted by atomic mass is 9.33. The van der Waals surface area contributed by atoms with E-state index in [1.807, 2.05) is 0 Å². The van der Waals surface area contributed by atoms with Crippen LogP contribution >= 0.6 is 0 Å². The summed E-state index contributed by atoms with van der Waals surface area (Å²) in [7, 11) is 0. The van der Waals surface area contributed by atoms with Crippen LogP contribution in [-0.4, -0.2) is 6.71 Å². The van der Waals surface area contributed by atoms with Crippen molar-refractivity contribution in [1.29, 1.82) is 0 Å². The molecule has 11 aromatic rings. The molecule has 400 valence electrons. The van der Waals surface area contributed by atoms with Gasteiger partial charge in [0.05, 0.1) is 5.41 Å². The molecule has 11 aromatic carbocycles. The summed E-state index contributed by atoms with van der Waals surface area (Å²) >= 11 is 0. The Hall–Kier alpha value is -8.40. The monoisotopic (exact) mass is 1060 g/mol. The predicted molar refractivity (Wildman–Crippen MR) is 352 cm³/mol. The molecule has 0 unspecified atom stereocenters. The fourth-order valence-electron chi connectivity index (χ4n) is 14.7. The van der Waals surface area contributed by atoms with Crippen molar-refractivity contribution in [3.05, 3.63) is 257 Å². The molecule has 15 rings (SSSR count). The number of nitrogens with zero attached hydrogens (tertiary/aromatic N) is 2. The van der Waals surface area contributed by atoms with E-state index in [4.69, 9.17) is 0 Å². The van der Waals surface area contributed by atoms with E-state index in [1.54, 1.807) is 0 Å². The number of hydrogen-bond acceptors (Lipinski definition) is 2. The molecule has 2 heterocycles. The van der Waals surface area contributed by atoms with Gasteiger partial charge in [-0.3, -0.25) is 0 Å². The first kappa shape index (κ1) is 50.6. The van der Waals surface area contributed by atoms with Gasteiger partial charge in [0.15, 0.2) is 0 Å². The second kappa shape index (κ2) is 17.3. The molecule has 2 nitrogen and oxygen atoms in total. The Morgan fingerprint density at radius 3 is 1.06 bits per heavy atom. The fourth-order valence-corrected chi connectivity index (χ4v) is 14.7. The molecule has 4 aliphatic rings. The highest BCUT2D eigenvalue weighted by Gasteiger charge is 2.52. The summed E-state index contributed by atoms with van der Waals surface area (Å²) < 4.78 is 0. The molecule has 82 heavy (non-hydrogen) atoms. The lowest BCUT2D eigenvalue weighted by molar-refractivity contribution is 0.568. The Kier molecular flexibility index (Phi) is 10.7. The van der Waals surface area contributed by atoms with E-state index < -0.39 is 5.41 Å². The fraction of sp³-hybridized carbons (Fsp3) is 0.215. The summed E-state index contributed by atoms with van der Waals surface area (Å²) in [6.45, 7) is 28.3. The number of anilines is 6. The molecule has 2 aliphatic heterocycles. The highest BCUT2D eigenvalue weighted by Crippen LogP contribution is 2.64. The van der Waals surface area contributed by atoms with E-state index in [0.29, 0.717) is 0 Å². The maximum atomic E-state index is 2.68. The van der Waals surface area contributed by atoms with Gasteiger partial charge in [0.2, 0.25) is 0 Å². The molecule has 0 fully saturated rings. The van der Waals surface area contributed by atoms with Crippen molar-refractivity contribution in [2.45, 2.75) is 110 Å². The van der Waals surface area contributed by atoms with Crippen LogP contribution in [0.25, 0.3) is 54.9 Å². The minimum Gasteiger partial charge on any atom is -0.311 e. The maximum absolute atomic E-state index is 2.68. The van der Waals surface area contributed by atoms with Crippen molar-refractivity contribution >= 4 is 78.8 Å². The Balaban J connectivity index is 1.12. The normalized spacial score (nSPS) is 14.6. The smallest absolute Gasteiger partial charge is 0.252 e. The molecule has 2 aliphatic carbocycles. The van der Waals surface area contributed by atoms with Crippen LogP contribution in [0.4, 0.5) is 34.1 Å². The second-order valence-corrected chi connectivity index (χ2v) is 28.2. The first-order chi connectivity index (χ1) is 39.2. The van der Waals surface area contributed by atoms with Crippen LogP contribution in [0.1, 0.15) is 128 Å². The summed E-state index contributed by atoms with van der Waals surface area (Å²) in [6, 6.07) is 83.2. The van der Waals surface area contributed by atoms with Crippen molar-refractivity contribution in [2.75, 3.05) is 9.80 Å². The van der Waals surface area contributed by atoms with Crippen LogP contribution < -0.4 is 26.2 Å². The van der Waals surface area contributed by atoms with Crippen molar-refractivity contribution in [3.63, 3.8) is 0 Å². The quantitative estimate of drug-likeness (QED) is 0.163. The van der Waals surface area contributed by atoms with Gasteiger partial charge in [0.1, 0.15) is 0 Å². The Bertz CT molecular complexity index is 4230. The highest BCUT2D eigenvalue weighted by atomic mass is 15.2. The maximum Gasteiger partial charge on any atom is 0.252 e. The van der Waals surface area contributed by atoms with Gasteiger partial charge in [-0.15, -0.1) is 0 Å². The molecule has 0 aromatic heterocycles. The number of hydrogen-bond donors (Lipinski definition) is 0. The van der Waals surface area contributed by atoms with Crippen LogP contribution in [0, 0.1) is 0 Å². The van der Waals surface area contributed by atoms with Crippen LogP contribution in [0.5, 0.6) is 0 Å². The number of fused-ring (bicyclic) bond motifs is 16.